The second kappa shape index (κ2) is 5.20. The van der Waals surface area contributed by atoms with Gasteiger partial charge in [0.05, 0.1) is 30.4 Å². The van der Waals surface area contributed by atoms with E-state index in [-0.39, 0.29) is 11.5 Å². The Morgan fingerprint density at radius 3 is 2.70 bits per heavy atom. The Morgan fingerprint density at radius 2 is 1.91 bits per heavy atom. The monoisotopic (exact) mass is 312 g/mol. The number of hydrogen-bond acceptors (Lipinski definition) is 4. The molecule has 0 bridgehead atoms. The van der Waals surface area contributed by atoms with Gasteiger partial charge in [-0.3, -0.25) is 9.59 Å². The number of hydrogen-bond donors (Lipinski definition) is 0. The first-order valence-corrected chi connectivity index (χ1v) is 7.50. The van der Waals surface area contributed by atoms with Gasteiger partial charge >= 0.3 is 0 Å². The minimum atomic E-state index is -0.133. The standard InChI is InChI=1S/C16H16N4O3/c1-18-14-10-11(15(21)19-6-8-23-9-7-19)2-3-12(14)20-13(16(18)22)4-5-17-20/h2-5,10H,6-9H2,1H3. The molecule has 3 heterocycles. The highest BCUT2D eigenvalue weighted by Gasteiger charge is 2.19. The molecule has 0 spiro atoms. The maximum atomic E-state index is 12.6. The van der Waals surface area contributed by atoms with Crippen molar-refractivity contribution in [2.45, 2.75) is 0 Å². The number of morpholine rings is 1. The van der Waals surface area contributed by atoms with Crippen molar-refractivity contribution in [3.63, 3.8) is 0 Å². The molecule has 0 saturated carbocycles. The third kappa shape index (κ3) is 2.12. The van der Waals surface area contributed by atoms with Crippen LogP contribution >= 0.6 is 0 Å². The fraction of sp³-hybridized carbons (Fsp3) is 0.312. The number of aryl methyl sites for hydroxylation is 1. The molecule has 0 aliphatic carbocycles. The summed E-state index contributed by atoms with van der Waals surface area (Å²) in [5.74, 6) is -0.0387. The zero-order valence-corrected chi connectivity index (χ0v) is 12.7. The molecular formula is C16H16N4O3. The second-order valence-corrected chi connectivity index (χ2v) is 5.60. The smallest absolute Gasteiger partial charge is 0.276 e. The summed E-state index contributed by atoms with van der Waals surface area (Å²) in [7, 11) is 1.71. The van der Waals surface area contributed by atoms with E-state index in [2.05, 4.69) is 5.10 Å². The Balaban J connectivity index is 1.87. The summed E-state index contributed by atoms with van der Waals surface area (Å²) >= 11 is 0. The SMILES string of the molecule is Cn1c(=O)c2ccnn2c2ccc(C(=O)N3CCOCC3)cc21. The number of carbonyl (C=O) groups is 1. The van der Waals surface area contributed by atoms with Crippen LogP contribution in [0.25, 0.3) is 16.6 Å². The molecule has 1 amide bonds. The molecule has 118 valence electrons. The first-order chi connectivity index (χ1) is 11.2. The van der Waals surface area contributed by atoms with Gasteiger partial charge in [-0.2, -0.15) is 5.10 Å². The van der Waals surface area contributed by atoms with Crippen molar-refractivity contribution >= 4 is 22.5 Å². The Labute approximate surface area is 131 Å². The lowest BCUT2D eigenvalue weighted by molar-refractivity contribution is 0.0303. The summed E-state index contributed by atoms with van der Waals surface area (Å²) in [5, 5.41) is 4.20. The highest BCUT2D eigenvalue weighted by molar-refractivity contribution is 5.97. The average Bonchev–Trinajstić information content (AvgIpc) is 3.09. The van der Waals surface area contributed by atoms with Crippen LogP contribution in [0.15, 0.2) is 35.3 Å². The van der Waals surface area contributed by atoms with Crippen molar-refractivity contribution in [1.82, 2.24) is 19.1 Å². The van der Waals surface area contributed by atoms with Crippen LogP contribution in [0.5, 0.6) is 0 Å². The number of nitrogens with zero attached hydrogens (tertiary/aromatic N) is 4. The van der Waals surface area contributed by atoms with E-state index in [1.165, 1.54) is 0 Å². The molecule has 7 heteroatoms. The first kappa shape index (κ1) is 14.0. The molecule has 3 aromatic rings. The molecule has 0 unspecified atom stereocenters. The van der Waals surface area contributed by atoms with Crippen LogP contribution in [0, 0.1) is 0 Å². The summed E-state index contributed by atoms with van der Waals surface area (Å²) in [4.78, 5) is 26.8. The molecule has 1 saturated heterocycles. The molecule has 1 aliphatic rings. The second-order valence-electron chi connectivity index (χ2n) is 5.60. The highest BCUT2D eigenvalue weighted by atomic mass is 16.5. The summed E-state index contributed by atoms with van der Waals surface area (Å²) in [6.07, 6.45) is 1.60. The minimum absolute atomic E-state index is 0.0387. The third-order valence-corrected chi connectivity index (χ3v) is 4.28. The van der Waals surface area contributed by atoms with E-state index >= 15 is 0 Å². The molecule has 0 N–H and O–H groups in total. The lowest BCUT2D eigenvalue weighted by Gasteiger charge is -2.27. The molecule has 1 fully saturated rings. The van der Waals surface area contributed by atoms with Gasteiger partial charge in [-0.25, -0.2) is 4.52 Å². The summed E-state index contributed by atoms with van der Waals surface area (Å²) in [6.45, 7) is 2.30. The predicted octanol–water partition coefficient (Wildman–Crippen LogP) is 0.659. The lowest BCUT2D eigenvalue weighted by Crippen LogP contribution is -2.40. The van der Waals surface area contributed by atoms with Gasteiger partial charge in [0.25, 0.3) is 11.5 Å². The van der Waals surface area contributed by atoms with Gasteiger partial charge in [0, 0.05) is 25.7 Å². The molecular weight excluding hydrogens is 296 g/mol. The number of benzene rings is 1. The zero-order valence-electron chi connectivity index (χ0n) is 12.7. The van der Waals surface area contributed by atoms with Gasteiger partial charge in [0.2, 0.25) is 0 Å². The average molecular weight is 312 g/mol. The maximum absolute atomic E-state index is 12.6. The van der Waals surface area contributed by atoms with Gasteiger partial charge in [0.15, 0.2) is 0 Å². The van der Waals surface area contributed by atoms with Gasteiger partial charge in [0.1, 0.15) is 5.52 Å². The Bertz CT molecular complexity index is 967. The quantitative estimate of drug-likeness (QED) is 0.662. The molecule has 0 atom stereocenters. The molecule has 1 aromatic carbocycles. The number of aromatic nitrogens is 3. The van der Waals surface area contributed by atoms with E-state index in [9.17, 15) is 9.59 Å². The van der Waals surface area contributed by atoms with Crippen LogP contribution < -0.4 is 5.56 Å². The number of fused-ring (bicyclic) bond motifs is 3. The summed E-state index contributed by atoms with van der Waals surface area (Å²) in [6, 6.07) is 7.07. The summed E-state index contributed by atoms with van der Waals surface area (Å²) in [5.41, 5.74) is 2.44. The van der Waals surface area contributed by atoms with Crippen molar-refractivity contribution in [3.8, 4) is 0 Å². The Hall–Kier alpha value is -2.67. The number of rotatable bonds is 1. The van der Waals surface area contributed by atoms with E-state index in [0.717, 1.165) is 5.52 Å². The number of carbonyl (C=O) groups excluding carboxylic acids is 1. The van der Waals surface area contributed by atoms with E-state index in [1.807, 2.05) is 6.07 Å². The van der Waals surface area contributed by atoms with Gasteiger partial charge in [-0.1, -0.05) is 0 Å². The van der Waals surface area contributed by atoms with E-state index in [4.69, 9.17) is 4.74 Å². The first-order valence-electron chi connectivity index (χ1n) is 7.50. The molecule has 0 radical (unpaired) electrons. The summed E-state index contributed by atoms with van der Waals surface area (Å²) < 4.78 is 8.45. The predicted molar refractivity (Wildman–Crippen MR) is 84.7 cm³/mol. The number of amides is 1. The van der Waals surface area contributed by atoms with Crippen molar-refractivity contribution in [1.29, 1.82) is 0 Å². The fourth-order valence-corrected chi connectivity index (χ4v) is 2.99. The third-order valence-electron chi connectivity index (χ3n) is 4.28. The normalized spacial score (nSPS) is 15.4. The number of ether oxygens (including phenoxy) is 1. The van der Waals surface area contributed by atoms with Crippen molar-refractivity contribution < 1.29 is 9.53 Å². The Morgan fingerprint density at radius 1 is 1.13 bits per heavy atom. The van der Waals surface area contributed by atoms with E-state index < -0.39 is 0 Å². The zero-order chi connectivity index (χ0) is 16.0. The van der Waals surface area contributed by atoms with E-state index in [0.29, 0.717) is 42.9 Å². The molecule has 2 aromatic heterocycles. The van der Waals surface area contributed by atoms with Crippen molar-refractivity contribution in [2.75, 3.05) is 26.3 Å². The molecule has 7 nitrogen and oxygen atoms in total. The van der Waals surface area contributed by atoms with Gasteiger partial charge in [-0.05, 0) is 24.3 Å². The van der Waals surface area contributed by atoms with Crippen LogP contribution in [0.3, 0.4) is 0 Å². The fourth-order valence-electron chi connectivity index (χ4n) is 2.99. The van der Waals surface area contributed by atoms with Crippen LogP contribution in [0.4, 0.5) is 0 Å². The topological polar surface area (TPSA) is 68.8 Å². The van der Waals surface area contributed by atoms with Crippen LogP contribution in [0.1, 0.15) is 10.4 Å². The molecule has 4 rings (SSSR count). The lowest BCUT2D eigenvalue weighted by atomic mass is 10.1. The van der Waals surface area contributed by atoms with Gasteiger partial charge in [-0.15, -0.1) is 0 Å². The largest absolute Gasteiger partial charge is 0.378 e. The van der Waals surface area contributed by atoms with Gasteiger partial charge < -0.3 is 14.2 Å². The van der Waals surface area contributed by atoms with E-state index in [1.54, 1.807) is 45.4 Å². The van der Waals surface area contributed by atoms with Crippen LogP contribution in [-0.4, -0.2) is 51.3 Å². The van der Waals surface area contributed by atoms with Crippen LogP contribution in [-0.2, 0) is 11.8 Å². The minimum Gasteiger partial charge on any atom is -0.378 e. The molecule has 1 aliphatic heterocycles. The van der Waals surface area contributed by atoms with Crippen molar-refractivity contribution in [3.05, 3.63) is 46.4 Å². The highest BCUT2D eigenvalue weighted by Crippen LogP contribution is 2.17. The maximum Gasteiger partial charge on any atom is 0.276 e. The molecule has 23 heavy (non-hydrogen) atoms. The van der Waals surface area contributed by atoms with Crippen LogP contribution in [0.2, 0.25) is 0 Å². The Kier molecular flexibility index (Phi) is 3.16. The van der Waals surface area contributed by atoms with Crippen molar-refractivity contribution in [2.24, 2.45) is 7.05 Å².